The summed E-state index contributed by atoms with van der Waals surface area (Å²) < 4.78 is 11.1. The van der Waals surface area contributed by atoms with Gasteiger partial charge in [0.15, 0.2) is 0 Å². The normalized spacial score (nSPS) is 11.0. The van der Waals surface area contributed by atoms with E-state index in [0.717, 1.165) is 5.56 Å². The van der Waals surface area contributed by atoms with Crippen LogP contribution in [0, 0.1) is 11.3 Å². The maximum atomic E-state index is 12.3. The maximum Gasteiger partial charge on any atom is 0.339 e. The van der Waals surface area contributed by atoms with Gasteiger partial charge in [0, 0.05) is 11.9 Å². The third-order valence-corrected chi connectivity index (χ3v) is 5.43. The number of carbonyl (C=O) groups excluding carboxylic acids is 3. The van der Waals surface area contributed by atoms with E-state index >= 15 is 0 Å². The molecule has 35 heavy (non-hydrogen) atoms. The number of nitrogens with zero attached hydrogens (tertiary/aromatic N) is 2. The van der Waals surface area contributed by atoms with Gasteiger partial charge in [-0.05, 0) is 70.9 Å². The Morgan fingerprint density at radius 3 is 2.49 bits per heavy atom. The number of pyridine rings is 1. The number of nitriles is 1. The molecule has 0 saturated carbocycles. The Labute approximate surface area is 210 Å². The summed E-state index contributed by atoms with van der Waals surface area (Å²) in [5.41, 5.74) is 2.02. The van der Waals surface area contributed by atoms with Crippen LogP contribution in [0.3, 0.4) is 0 Å². The van der Waals surface area contributed by atoms with E-state index in [1.807, 2.05) is 6.07 Å². The molecular weight excluding hydrogens is 516 g/mol. The van der Waals surface area contributed by atoms with Crippen LogP contribution in [0.5, 0.6) is 11.5 Å². The van der Waals surface area contributed by atoms with E-state index in [2.05, 4.69) is 36.3 Å². The van der Waals surface area contributed by atoms with Crippen LogP contribution in [0.15, 0.2) is 65.4 Å². The van der Waals surface area contributed by atoms with Crippen LogP contribution >= 0.6 is 15.9 Å². The number of nitrogens with one attached hydrogen (secondary N) is 2. The topological polar surface area (TPSA) is 130 Å². The van der Waals surface area contributed by atoms with Gasteiger partial charge in [0.05, 0.1) is 41.0 Å². The summed E-state index contributed by atoms with van der Waals surface area (Å²) in [5, 5.41) is 14.2. The standard InChI is InChI=1S/C25H21BrN4O5/c1-15(29-23(31)11-24(32)30-19-6-3-16(12-27)4-7-19)17-5-8-22(21(26)10-17)35-20-9-18(13-28-14-20)25(33)34-2/h3-10,13-15H,11H2,1-2H3,(H,29,31)(H,30,32). The Hall–Kier alpha value is -4.23. The summed E-state index contributed by atoms with van der Waals surface area (Å²) >= 11 is 3.45. The first kappa shape index (κ1) is 25.4. The Morgan fingerprint density at radius 1 is 1.09 bits per heavy atom. The van der Waals surface area contributed by atoms with E-state index in [0.29, 0.717) is 27.2 Å². The molecule has 0 bridgehead atoms. The largest absolute Gasteiger partial charge is 0.465 e. The molecule has 3 rings (SSSR count). The molecule has 0 aliphatic heterocycles. The van der Waals surface area contributed by atoms with E-state index in [1.54, 1.807) is 49.4 Å². The van der Waals surface area contributed by atoms with Gasteiger partial charge in [-0.25, -0.2) is 4.79 Å². The third kappa shape index (κ3) is 7.12. The minimum absolute atomic E-state index is 0.261. The van der Waals surface area contributed by atoms with Gasteiger partial charge in [-0.3, -0.25) is 14.6 Å². The number of aromatic nitrogens is 1. The highest BCUT2D eigenvalue weighted by Gasteiger charge is 2.16. The summed E-state index contributed by atoms with van der Waals surface area (Å²) in [6.45, 7) is 1.79. The zero-order valence-electron chi connectivity index (χ0n) is 18.9. The van der Waals surface area contributed by atoms with E-state index < -0.39 is 17.8 Å². The van der Waals surface area contributed by atoms with Crippen molar-refractivity contribution < 1.29 is 23.9 Å². The molecule has 1 unspecified atom stereocenters. The first-order valence-electron chi connectivity index (χ1n) is 10.4. The maximum absolute atomic E-state index is 12.3. The molecule has 0 aliphatic carbocycles. The third-order valence-electron chi connectivity index (χ3n) is 4.81. The number of ether oxygens (including phenoxy) is 2. The van der Waals surface area contributed by atoms with E-state index in [4.69, 9.17) is 10.00 Å². The summed E-state index contributed by atoms with van der Waals surface area (Å²) in [6.07, 6.45) is 2.50. The van der Waals surface area contributed by atoms with Crippen molar-refractivity contribution in [3.63, 3.8) is 0 Å². The fourth-order valence-electron chi connectivity index (χ4n) is 3.06. The van der Waals surface area contributed by atoms with E-state index in [9.17, 15) is 14.4 Å². The zero-order chi connectivity index (χ0) is 25.4. The van der Waals surface area contributed by atoms with Crippen molar-refractivity contribution in [3.8, 4) is 17.6 Å². The summed E-state index contributed by atoms with van der Waals surface area (Å²) in [4.78, 5) is 40.2. The lowest BCUT2D eigenvalue weighted by Gasteiger charge is -2.16. The van der Waals surface area contributed by atoms with Crippen LogP contribution in [0.1, 0.15) is 40.9 Å². The predicted molar refractivity (Wildman–Crippen MR) is 131 cm³/mol. The van der Waals surface area contributed by atoms with Gasteiger partial charge in [-0.1, -0.05) is 6.07 Å². The van der Waals surface area contributed by atoms with Crippen molar-refractivity contribution in [1.29, 1.82) is 5.26 Å². The number of rotatable bonds is 8. The number of methoxy groups -OCH3 is 1. The minimum Gasteiger partial charge on any atom is -0.465 e. The van der Waals surface area contributed by atoms with Crippen LogP contribution in [0.4, 0.5) is 5.69 Å². The average Bonchev–Trinajstić information content (AvgIpc) is 2.85. The molecule has 0 aliphatic rings. The molecule has 1 atom stereocenters. The van der Waals surface area contributed by atoms with Crippen LogP contribution in [0.25, 0.3) is 0 Å². The lowest BCUT2D eigenvalue weighted by atomic mass is 10.1. The van der Waals surface area contributed by atoms with E-state index in [-0.39, 0.29) is 18.0 Å². The lowest BCUT2D eigenvalue weighted by Crippen LogP contribution is -2.30. The Bertz CT molecular complexity index is 1290. The van der Waals surface area contributed by atoms with Gasteiger partial charge >= 0.3 is 5.97 Å². The van der Waals surface area contributed by atoms with Crippen LogP contribution in [-0.4, -0.2) is 29.9 Å². The highest BCUT2D eigenvalue weighted by Crippen LogP contribution is 2.32. The van der Waals surface area contributed by atoms with Gasteiger partial charge in [0.25, 0.3) is 0 Å². The number of carbonyl (C=O) groups is 3. The van der Waals surface area contributed by atoms with Crippen molar-refractivity contribution in [3.05, 3.63) is 82.1 Å². The van der Waals surface area contributed by atoms with Crippen molar-refractivity contribution in [2.24, 2.45) is 0 Å². The molecule has 2 N–H and O–H groups in total. The molecule has 0 fully saturated rings. The predicted octanol–water partition coefficient (Wildman–Crippen LogP) is 4.50. The van der Waals surface area contributed by atoms with Crippen LogP contribution in [0.2, 0.25) is 0 Å². The van der Waals surface area contributed by atoms with Crippen molar-refractivity contribution >= 4 is 39.4 Å². The van der Waals surface area contributed by atoms with Crippen LogP contribution in [-0.2, 0) is 14.3 Å². The fraction of sp³-hybridized carbons (Fsp3) is 0.160. The monoisotopic (exact) mass is 536 g/mol. The number of hydrogen-bond donors (Lipinski definition) is 2. The van der Waals surface area contributed by atoms with Gasteiger partial charge < -0.3 is 20.1 Å². The minimum atomic E-state index is -0.521. The highest BCUT2D eigenvalue weighted by molar-refractivity contribution is 9.10. The highest BCUT2D eigenvalue weighted by atomic mass is 79.9. The number of esters is 1. The number of hydrogen-bond acceptors (Lipinski definition) is 7. The van der Waals surface area contributed by atoms with Crippen molar-refractivity contribution in [2.45, 2.75) is 19.4 Å². The van der Waals surface area contributed by atoms with Gasteiger partial charge in [0.2, 0.25) is 11.8 Å². The summed E-state index contributed by atoms with van der Waals surface area (Å²) in [5.74, 6) is -0.584. The molecular formula is C25H21BrN4O5. The molecule has 2 aromatic carbocycles. The molecule has 178 valence electrons. The Kier molecular flexibility index (Phi) is 8.53. The van der Waals surface area contributed by atoms with Crippen molar-refractivity contribution in [2.75, 3.05) is 12.4 Å². The first-order chi connectivity index (χ1) is 16.8. The molecule has 1 heterocycles. The Morgan fingerprint density at radius 2 is 1.83 bits per heavy atom. The number of halogens is 1. The summed E-state index contributed by atoms with van der Waals surface area (Å²) in [6, 6.07) is 14.8. The zero-order valence-corrected chi connectivity index (χ0v) is 20.5. The molecule has 10 heteroatoms. The second-order valence-corrected chi connectivity index (χ2v) is 8.25. The van der Waals surface area contributed by atoms with Gasteiger partial charge in [-0.2, -0.15) is 5.26 Å². The first-order valence-corrected chi connectivity index (χ1v) is 11.2. The molecule has 0 saturated heterocycles. The van der Waals surface area contributed by atoms with Gasteiger partial charge in [-0.15, -0.1) is 0 Å². The molecule has 3 aromatic rings. The number of benzene rings is 2. The fourth-order valence-corrected chi connectivity index (χ4v) is 3.53. The van der Waals surface area contributed by atoms with E-state index in [1.165, 1.54) is 25.6 Å². The van der Waals surface area contributed by atoms with Crippen molar-refractivity contribution in [1.82, 2.24) is 10.3 Å². The Balaban J connectivity index is 1.57. The molecule has 2 amide bonds. The average molecular weight is 537 g/mol. The molecule has 0 radical (unpaired) electrons. The number of amides is 2. The quantitative estimate of drug-likeness (QED) is 0.320. The van der Waals surface area contributed by atoms with Crippen LogP contribution < -0.4 is 15.4 Å². The second-order valence-electron chi connectivity index (χ2n) is 7.40. The molecule has 0 spiro atoms. The second kappa shape index (κ2) is 11.8. The molecule has 1 aromatic heterocycles. The summed E-state index contributed by atoms with van der Waals surface area (Å²) in [7, 11) is 1.28. The van der Waals surface area contributed by atoms with Gasteiger partial charge in [0.1, 0.15) is 17.9 Å². The SMILES string of the molecule is COC(=O)c1cncc(Oc2ccc(C(C)NC(=O)CC(=O)Nc3ccc(C#N)cc3)cc2Br)c1. The number of anilines is 1. The molecule has 9 nitrogen and oxygen atoms in total. The lowest BCUT2D eigenvalue weighted by molar-refractivity contribution is -0.127. The smallest absolute Gasteiger partial charge is 0.339 e.